The van der Waals surface area contributed by atoms with Crippen molar-refractivity contribution in [2.24, 2.45) is 11.0 Å². The van der Waals surface area contributed by atoms with E-state index in [0.717, 1.165) is 0 Å². The Labute approximate surface area is 155 Å². The summed E-state index contributed by atoms with van der Waals surface area (Å²) >= 11 is 0. The summed E-state index contributed by atoms with van der Waals surface area (Å²) in [6, 6.07) is 12.9. The van der Waals surface area contributed by atoms with Crippen LogP contribution in [0.4, 0.5) is 10.5 Å². The first-order chi connectivity index (χ1) is 12.9. The summed E-state index contributed by atoms with van der Waals surface area (Å²) in [4.78, 5) is 24.1. The molecule has 0 saturated carbocycles. The van der Waals surface area contributed by atoms with Crippen LogP contribution in [-0.2, 0) is 15.1 Å². The number of fused-ring (bicyclic) bond motifs is 1. The molecule has 140 valence electrons. The fourth-order valence-corrected chi connectivity index (χ4v) is 3.09. The van der Waals surface area contributed by atoms with Gasteiger partial charge in [0, 0.05) is 17.2 Å². The van der Waals surface area contributed by atoms with Crippen LogP contribution in [0.2, 0.25) is 0 Å². The van der Waals surface area contributed by atoms with Gasteiger partial charge in [-0.3, -0.25) is 4.79 Å². The van der Waals surface area contributed by atoms with Crippen molar-refractivity contribution >= 4 is 23.4 Å². The second-order valence-corrected chi connectivity index (χ2v) is 6.14. The highest BCUT2D eigenvalue weighted by Crippen LogP contribution is 2.42. The maximum atomic E-state index is 12.6. The lowest BCUT2D eigenvalue weighted by molar-refractivity contribution is -0.136. The van der Waals surface area contributed by atoms with E-state index < -0.39 is 23.5 Å². The number of nitrogens with one attached hydrogen (secondary N) is 2. The lowest BCUT2D eigenvalue weighted by Crippen LogP contribution is -2.44. The molecule has 2 atom stereocenters. The Morgan fingerprint density at radius 2 is 1.89 bits per heavy atom. The number of benzene rings is 2. The third kappa shape index (κ3) is 3.22. The minimum absolute atomic E-state index is 0.0503. The highest BCUT2D eigenvalue weighted by Gasteiger charge is 2.51. The third-order valence-corrected chi connectivity index (χ3v) is 4.58. The van der Waals surface area contributed by atoms with Crippen LogP contribution in [0, 0.1) is 5.92 Å². The summed E-state index contributed by atoms with van der Waals surface area (Å²) in [5.41, 5.74) is 2.04. The van der Waals surface area contributed by atoms with Crippen molar-refractivity contribution in [2.75, 3.05) is 12.4 Å². The molecule has 8 heteroatoms. The molecule has 27 heavy (non-hydrogen) atoms. The number of nitrogens with zero attached hydrogens (tertiary/aromatic N) is 1. The predicted octanol–water partition coefficient (Wildman–Crippen LogP) is 1.93. The van der Waals surface area contributed by atoms with E-state index >= 15 is 0 Å². The second-order valence-electron chi connectivity index (χ2n) is 6.14. The minimum Gasteiger partial charge on any atom is -0.508 e. The van der Waals surface area contributed by atoms with Crippen LogP contribution < -0.4 is 10.7 Å². The number of carbonyl (C=O) groups is 2. The summed E-state index contributed by atoms with van der Waals surface area (Å²) in [5.74, 6) is -1.36. The molecule has 8 nitrogen and oxygen atoms in total. The first-order valence-corrected chi connectivity index (χ1v) is 8.22. The Kier molecular flexibility index (Phi) is 4.83. The quantitative estimate of drug-likeness (QED) is 0.485. The number of rotatable bonds is 4. The van der Waals surface area contributed by atoms with Gasteiger partial charge in [-0.1, -0.05) is 25.1 Å². The second kappa shape index (κ2) is 7.08. The zero-order valence-corrected chi connectivity index (χ0v) is 14.8. The van der Waals surface area contributed by atoms with E-state index in [9.17, 15) is 19.8 Å². The fourth-order valence-electron chi connectivity index (χ4n) is 3.09. The number of hydrogen-bond acceptors (Lipinski definition) is 6. The molecule has 1 heterocycles. The van der Waals surface area contributed by atoms with Crippen molar-refractivity contribution in [1.29, 1.82) is 0 Å². The number of amides is 2. The molecule has 1 aliphatic heterocycles. The van der Waals surface area contributed by atoms with Crippen molar-refractivity contribution in [3.05, 3.63) is 59.7 Å². The molecule has 2 amide bonds. The van der Waals surface area contributed by atoms with E-state index in [4.69, 9.17) is 0 Å². The van der Waals surface area contributed by atoms with Gasteiger partial charge in [0.2, 0.25) is 0 Å². The molecule has 0 saturated heterocycles. The van der Waals surface area contributed by atoms with Gasteiger partial charge in [0.25, 0.3) is 5.91 Å². The van der Waals surface area contributed by atoms with Crippen LogP contribution in [0.15, 0.2) is 53.6 Å². The van der Waals surface area contributed by atoms with Crippen molar-refractivity contribution in [3.8, 4) is 5.75 Å². The van der Waals surface area contributed by atoms with E-state index in [2.05, 4.69) is 20.6 Å². The van der Waals surface area contributed by atoms with Crippen molar-refractivity contribution in [2.45, 2.75) is 12.5 Å². The Balaban J connectivity index is 2.07. The molecule has 2 aromatic rings. The Bertz CT molecular complexity index is 910. The normalized spacial score (nSPS) is 19.8. The van der Waals surface area contributed by atoms with E-state index in [1.807, 2.05) is 0 Å². The standard InChI is InChI=1S/C19H19N3O5/c1-11(19(26)14-5-3-4-6-15(14)20-17(19)24)16(21-22-18(25)27-2)12-7-9-13(23)10-8-12/h3-11,23,26H,1-2H3,(H,20,24)(H,22,25)/b21-16+/t11-,19+/m1/s1. The summed E-state index contributed by atoms with van der Waals surface area (Å²) in [6.45, 7) is 1.63. The number of carbonyl (C=O) groups excluding carboxylic acids is 2. The van der Waals surface area contributed by atoms with Gasteiger partial charge in [-0.25, -0.2) is 10.2 Å². The molecule has 4 N–H and O–H groups in total. The molecule has 0 bridgehead atoms. The molecule has 3 rings (SSSR count). The van der Waals surface area contributed by atoms with Gasteiger partial charge in [0.15, 0.2) is 5.60 Å². The van der Waals surface area contributed by atoms with Gasteiger partial charge in [0.05, 0.1) is 12.8 Å². The number of ether oxygens (including phenoxy) is 1. The molecule has 0 fully saturated rings. The van der Waals surface area contributed by atoms with E-state index in [1.54, 1.807) is 43.3 Å². The predicted molar refractivity (Wildman–Crippen MR) is 98.3 cm³/mol. The Hall–Kier alpha value is -3.39. The first kappa shape index (κ1) is 18.4. The largest absolute Gasteiger partial charge is 0.508 e. The molecule has 0 spiro atoms. The van der Waals surface area contributed by atoms with Gasteiger partial charge < -0.3 is 20.3 Å². The molecular weight excluding hydrogens is 350 g/mol. The monoisotopic (exact) mass is 369 g/mol. The average molecular weight is 369 g/mol. The number of aromatic hydroxyl groups is 1. The number of hydrogen-bond donors (Lipinski definition) is 4. The van der Waals surface area contributed by atoms with Crippen LogP contribution in [0.1, 0.15) is 18.1 Å². The highest BCUT2D eigenvalue weighted by atomic mass is 16.5. The third-order valence-electron chi connectivity index (χ3n) is 4.58. The average Bonchev–Trinajstić information content (AvgIpc) is 2.94. The number of hydrazone groups is 1. The van der Waals surface area contributed by atoms with E-state index in [1.165, 1.54) is 19.2 Å². The van der Waals surface area contributed by atoms with Gasteiger partial charge in [-0.2, -0.15) is 5.10 Å². The molecule has 0 unspecified atom stereocenters. The van der Waals surface area contributed by atoms with E-state index in [0.29, 0.717) is 16.8 Å². The van der Waals surface area contributed by atoms with Crippen molar-refractivity contribution < 1.29 is 24.5 Å². The topological polar surface area (TPSA) is 120 Å². The molecule has 0 aromatic heterocycles. The summed E-state index contributed by atoms with van der Waals surface area (Å²) in [6.07, 6.45) is -0.790. The lowest BCUT2D eigenvalue weighted by atomic mass is 9.78. The molecule has 2 aromatic carbocycles. The Morgan fingerprint density at radius 1 is 1.22 bits per heavy atom. The number of methoxy groups -OCH3 is 1. The van der Waals surface area contributed by atoms with Crippen molar-refractivity contribution in [3.63, 3.8) is 0 Å². The van der Waals surface area contributed by atoms with Gasteiger partial charge in [-0.15, -0.1) is 0 Å². The first-order valence-electron chi connectivity index (χ1n) is 8.22. The summed E-state index contributed by atoms with van der Waals surface area (Å²) in [7, 11) is 1.20. The van der Waals surface area contributed by atoms with Crippen LogP contribution in [0.25, 0.3) is 0 Å². The fraction of sp³-hybridized carbons (Fsp3) is 0.211. The van der Waals surface area contributed by atoms with Gasteiger partial charge in [-0.05, 0) is 35.9 Å². The zero-order valence-electron chi connectivity index (χ0n) is 14.8. The molecule has 0 radical (unpaired) electrons. The zero-order chi connectivity index (χ0) is 19.6. The number of aliphatic hydroxyl groups is 1. The smallest absolute Gasteiger partial charge is 0.427 e. The SMILES string of the molecule is COC(=O)N/N=C(/c1ccc(O)cc1)[C@@H](C)[C@@]1(O)C(=O)Nc2ccccc21. The van der Waals surface area contributed by atoms with Crippen LogP contribution in [0.3, 0.4) is 0 Å². The Morgan fingerprint density at radius 3 is 2.56 bits per heavy atom. The highest BCUT2D eigenvalue weighted by molar-refractivity contribution is 6.12. The minimum atomic E-state index is -1.88. The van der Waals surface area contributed by atoms with Crippen LogP contribution in [0.5, 0.6) is 5.75 Å². The summed E-state index contributed by atoms with van der Waals surface area (Å²) < 4.78 is 4.52. The maximum Gasteiger partial charge on any atom is 0.427 e. The van der Waals surface area contributed by atoms with Gasteiger partial charge in [0.1, 0.15) is 5.75 Å². The number of para-hydroxylation sites is 1. The number of phenols is 1. The van der Waals surface area contributed by atoms with Crippen LogP contribution >= 0.6 is 0 Å². The van der Waals surface area contributed by atoms with Crippen molar-refractivity contribution in [1.82, 2.24) is 5.43 Å². The molecule has 0 aliphatic carbocycles. The lowest BCUT2D eigenvalue weighted by Gasteiger charge is -2.29. The maximum absolute atomic E-state index is 12.6. The molecule has 1 aliphatic rings. The van der Waals surface area contributed by atoms with E-state index in [-0.39, 0.29) is 11.5 Å². The summed E-state index contributed by atoms with van der Waals surface area (Å²) in [5, 5.41) is 27.6. The molecular formula is C19H19N3O5. The van der Waals surface area contributed by atoms with Gasteiger partial charge >= 0.3 is 6.09 Å². The number of phenolic OH excluding ortho intramolecular Hbond substituents is 1. The number of anilines is 1. The van der Waals surface area contributed by atoms with Crippen LogP contribution in [-0.4, -0.2) is 35.0 Å².